The summed E-state index contributed by atoms with van der Waals surface area (Å²) in [5, 5.41) is 4.55. The molecule has 0 N–H and O–H groups in total. The average molecular weight is 307 g/mol. The smallest absolute Gasteiger partial charge is 0.272 e. The van der Waals surface area contributed by atoms with Crippen molar-refractivity contribution in [3.05, 3.63) is 35.4 Å². The summed E-state index contributed by atoms with van der Waals surface area (Å²) in [4.78, 5) is 24.6. The number of amides is 1. The molecule has 0 atom stereocenters. The number of hydrogen-bond acceptors (Lipinski definition) is 5. The summed E-state index contributed by atoms with van der Waals surface area (Å²) in [6.45, 7) is 2.67. The largest absolute Gasteiger partial charge is 0.337 e. The van der Waals surface area contributed by atoms with Crippen LogP contribution in [0, 0.1) is 0 Å². The molecule has 0 aliphatic carbocycles. The van der Waals surface area contributed by atoms with Crippen molar-refractivity contribution in [2.75, 3.05) is 31.1 Å². The van der Waals surface area contributed by atoms with E-state index in [0.717, 1.165) is 0 Å². The van der Waals surface area contributed by atoms with Crippen LogP contribution < -0.4 is 4.90 Å². The molecule has 3 heterocycles. The number of anilines is 1. The molecule has 3 rings (SSSR count). The fraction of sp³-hybridized carbons (Fsp3) is 0.385. The van der Waals surface area contributed by atoms with Gasteiger partial charge in [0.05, 0.1) is 17.4 Å². The molecule has 0 bridgehead atoms. The monoisotopic (exact) mass is 306 g/mol. The van der Waals surface area contributed by atoms with Gasteiger partial charge in [-0.1, -0.05) is 11.6 Å². The second-order valence-electron chi connectivity index (χ2n) is 4.82. The Morgan fingerprint density at radius 2 is 1.86 bits per heavy atom. The summed E-state index contributed by atoms with van der Waals surface area (Å²) in [6.07, 6.45) is 4.79. The number of piperazine rings is 1. The molecule has 0 unspecified atom stereocenters. The molecular weight excluding hydrogens is 292 g/mol. The first kappa shape index (κ1) is 13.8. The third-order valence-electron chi connectivity index (χ3n) is 3.50. The quantitative estimate of drug-likeness (QED) is 0.822. The van der Waals surface area contributed by atoms with Gasteiger partial charge in [0.15, 0.2) is 0 Å². The first-order chi connectivity index (χ1) is 10.1. The van der Waals surface area contributed by atoms with E-state index in [9.17, 15) is 4.79 Å². The fourth-order valence-electron chi connectivity index (χ4n) is 2.32. The van der Waals surface area contributed by atoms with E-state index in [1.165, 1.54) is 0 Å². The molecule has 1 fully saturated rings. The number of carbonyl (C=O) groups is 1. The second-order valence-corrected chi connectivity index (χ2v) is 5.26. The van der Waals surface area contributed by atoms with Gasteiger partial charge < -0.3 is 9.80 Å². The molecule has 0 aromatic carbocycles. The van der Waals surface area contributed by atoms with Crippen LogP contribution in [0.4, 0.5) is 5.95 Å². The van der Waals surface area contributed by atoms with Gasteiger partial charge in [0.25, 0.3) is 5.91 Å². The molecule has 1 amide bonds. The van der Waals surface area contributed by atoms with Crippen LogP contribution in [0.3, 0.4) is 0 Å². The number of hydrogen-bond donors (Lipinski definition) is 0. The zero-order valence-corrected chi connectivity index (χ0v) is 12.4. The van der Waals surface area contributed by atoms with Gasteiger partial charge in [0.1, 0.15) is 5.69 Å². The molecule has 1 aliphatic heterocycles. The Kier molecular flexibility index (Phi) is 3.74. The minimum absolute atomic E-state index is 0.00618. The van der Waals surface area contributed by atoms with Crippen molar-refractivity contribution < 1.29 is 4.79 Å². The van der Waals surface area contributed by atoms with Gasteiger partial charge in [-0.25, -0.2) is 9.97 Å². The highest BCUT2D eigenvalue weighted by molar-refractivity contribution is 6.30. The van der Waals surface area contributed by atoms with Crippen LogP contribution >= 0.6 is 11.6 Å². The van der Waals surface area contributed by atoms with Crippen LogP contribution in [-0.4, -0.2) is 56.7 Å². The summed E-state index contributed by atoms with van der Waals surface area (Å²) < 4.78 is 1.59. The van der Waals surface area contributed by atoms with Crippen LogP contribution in [0.5, 0.6) is 0 Å². The van der Waals surface area contributed by atoms with Crippen LogP contribution in [-0.2, 0) is 7.05 Å². The van der Waals surface area contributed by atoms with Gasteiger partial charge in [-0.3, -0.25) is 9.48 Å². The first-order valence-electron chi connectivity index (χ1n) is 6.65. The lowest BCUT2D eigenvalue weighted by atomic mass is 10.3. The Bertz CT molecular complexity index is 632. The molecule has 0 spiro atoms. The average Bonchev–Trinajstić information content (AvgIpc) is 2.94. The van der Waals surface area contributed by atoms with Gasteiger partial charge in [-0.15, -0.1) is 0 Å². The lowest BCUT2D eigenvalue weighted by Gasteiger charge is -2.34. The summed E-state index contributed by atoms with van der Waals surface area (Å²) in [6, 6.07) is 1.73. The Morgan fingerprint density at radius 1 is 1.19 bits per heavy atom. The van der Waals surface area contributed by atoms with E-state index < -0.39 is 0 Å². The van der Waals surface area contributed by atoms with Crippen molar-refractivity contribution in [2.45, 2.75) is 0 Å². The number of carbonyl (C=O) groups excluding carboxylic acids is 1. The predicted molar refractivity (Wildman–Crippen MR) is 78.4 cm³/mol. The maximum Gasteiger partial charge on any atom is 0.272 e. The Balaban J connectivity index is 1.64. The lowest BCUT2D eigenvalue weighted by molar-refractivity contribution is 0.0735. The van der Waals surface area contributed by atoms with Gasteiger partial charge in [-0.2, -0.15) is 5.10 Å². The standard InChI is InChI=1S/C13H15ClN6O/c1-18-11(2-3-17-18)12(21)19-4-6-20(7-5-19)13-15-8-10(14)9-16-13/h2-3,8-9H,4-7H2,1H3. The van der Waals surface area contributed by atoms with Crippen molar-refractivity contribution in [2.24, 2.45) is 7.05 Å². The highest BCUT2D eigenvalue weighted by Crippen LogP contribution is 2.14. The van der Waals surface area contributed by atoms with Crippen LogP contribution in [0.25, 0.3) is 0 Å². The Morgan fingerprint density at radius 3 is 2.43 bits per heavy atom. The van der Waals surface area contributed by atoms with Crippen molar-refractivity contribution in [1.82, 2.24) is 24.6 Å². The van der Waals surface area contributed by atoms with Crippen molar-refractivity contribution in [3.63, 3.8) is 0 Å². The van der Waals surface area contributed by atoms with Crippen LogP contribution in [0.15, 0.2) is 24.7 Å². The summed E-state index contributed by atoms with van der Waals surface area (Å²) in [7, 11) is 1.77. The molecule has 1 saturated heterocycles. The molecular formula is C13H15ClN6O. The summed E-state index contributed by atoms with van der Waals surface area (Å²) in [5.41, 5.74) is 0.603. The molecule has 0 saturated carbocycles. The van der Waals surface area contributed by atoms with E-state index >= 15 is 0 Å². The third-order valence-corrected chi connectivity index (χ3v) is 3.69. The van der Waals surface area contributed by atoms with Crippen molar-refractivity contribution in [1.29, 1.82) is 0 Å². The van der Waals surface area contributed by atoms with E-state index in [1.54, 1.807) is 36.4 Å². The number of aryl methyl sites for hydroxylation is 1. The topological polar surface area (TPSA) is 67.2 Å². The van der Waals surface area contributed by atoms with Crippen molar-refractivity contribution >= 4 is 23.5 Å². The highest BCUT2D eigenvalue weighted by Gasteiger charge is 2.24. The zero-order valence-electron chi connectivity index (χ0n) is 11.6. The Hall–Kier alpha value is -2.15. The number of nitrogens with zero attached hydrogens (tertiary/aromatic N) is 6. The SMILES string of the molecule is Cn1nccc1C(=O)N1CCN(c2ncc(Cl)cn2)CC1. The van der Waals surface area contributed by atoms with Gasteiger partial charge in [0, 0.05) is 39.4 Å². The number of rotatable bonds is 2. The second kappa shape index (κ2) is 5.69. The summed E-state index contributed by atoms with van der Waals surface area (Å²) >= 11 is 5.78. The van der Waals surface area contributed by atoms with Gasteiger partial charge in [0.2, 0.25) is 5.95 Å². The third kappa shape index (κ3) is 2.82. The zero-order chi connectivity index (χ0) is 14.8. The molecule has 0 radical (unpaired) electrons. The number of aromatic nitrogens is 4. The van der Waals surface area contributed by atoms with E-state index in [4.69, 9.17) is 11.6 Å². The lowest BCUT2D eigenvalue weighted by Crippen LogP contribution is -2.49. The molecule has 8 heteroatoms. The molecule has 21 heavy (non-hydrogen) atoms. The predicted octanol–water partition coefficient (Wildman–Crippen LogP) is 0.826. The van der Waals surface area contributed by atoms with Crippen LogP contribution in [0.1, 0.15) is 10.5 Å². The maximum absolute atomic E-state index is 12.4. The normalized spacial score (nSPS) is 15.3. The maximum atomic E-state index is 12.4. The molecule has 1 aliphatic rings. The molecule has 2 aromatic heterocycles. The number of halogens is 1. The van der Waals surface area contributed by atoms with Crippen molar-refractivity contribution in [3.8, 4) is 0 Å². The van der Waals surface area contributed by atoms with Gasteiger partial charge >= 0.3 is 0 Å². The minimum Gasteiger partial charge on any atom is -0.337 e. The van der Waals surface area contributed by atoms with E-state index in [1.807, 2.05) is 9.80 Å². The minimum atomic E-state index is 0.00618. The van der Waals surface area contributed by atoms with Gasteiger partial charge in [-0.05, 0) is 6.07 Å². The van der Waals surface area contributed by atoms with E-state index in [2.05, 4.69) is 15.1 Å². The fourth-order valence-corrected chi connectivity index (χ4v) is 2.42. The van der Waals surface area contributed by atoms with Crippen LogP contribution in [0.2, 0.25) is 5.02 Å². The first-order valence-corrected chi connectivity index (χ1v) is 7.03. The Labute approximate surface area is 127 Å². The molecule has 2 aromatic rings. The summed E-state index contributed by atoms with van der Waals surface area (Å²) in [5.74, 6) is 0.652. The van der Waals surface area contributed by atoms with E-state index in [-0.39, 0.29) is 5.91 Å². The highest BCUT2D eigenvalue weighted by atomic mass is 35.5. The molecule has 110 valence electrons. The molecule has 7 nitrogen and oxygen atoms in total. The van der Waals surface area contributed by atoms with E-state index in [0.29, 0.717) is 42.8 Å².